The summed E-state index contributed by atoms with van der Waals surface area (Å²) >= 11 is 1.95. The van der Waals surface area contributed by atoms with E-state index in [9.17, 15) is 0 Å². The fourth-order valence-electron chi connectivity index (χ4n) is 8.99. The van der Waals surface area contributed by atoms with Crippen LogP contribution in [0.25, 0.3) is 82.6 Å². The quantitative estimate of drug-likeness (QED) is 0.170. The van der Waals surface area contributed by atoms with Crippen LogP contribution in [0.1, 0.15) is 28.0 Å². The third-order valence-corrected chi connectivity index (χ3v) is 13.2. The average Bonchev–Trinajstić information content (AvgIpc) is 3.81. The summed E-state index contributed by atoms with van der Waals surface area (Å²) in [6.45, 7) is 6.77. The Bertz CT molecular complexity index is 3190. The van der Waals surface area contributed by atoms with Crippen LogP contribution in [0.3, 0.4) is 0 Å². The predicted molar refractivity (Wildman–Crippen MR) is 250 cm³/mol. The molecule has 2 nitrogen and oxygen atoms in total. The summed E-state index contributed by atoms with van der Waals surface area (Å²) < 4.78 is 3.82. The van der Waals surface area contributed by atoms with Crippen molar-refractivity contribution in [3.63, 3.8) is 0 Å². The molecule has 3 heteroatoms. The Hall–Kier alpha value is -6.94. The van der Waals surface area contributed by atoms with Crippen molar-refractivity contribution in [3.8, 4) is 39.1 Å². The van der Waals surface area contributed by atoms with Gasteiger partial charge in [0.2, 0.25) is 0 Å². The van der Waals surface area contributed by atoms with E-state index in [4.69, 9.17) is 0 Å². The SMILES string of the molecule is C=C1/C=C\C=C/N(c2ccc(-c3ccccc3)cc2)c2ccc(-c3ccc4c5ccccc5n(-c5ccc(-c6ccc7sc8c(c7c6)C=CCC8)c(C)c5)c4c3)cc21. The lowest BCUT2D eigenvalue weighted by molar-refractivity contribution is 1.02. The van der Waals surface area contributed by atoms with Gasteiger partial charge in [0.15, 0.2) is 0 Å². The highest BCUT2D eigenvalue weighted by molar-refractivity contribution is 7.19. The van der Waals surface area contributed by atoms with Crippen LogP contribution in [0.5, 0.6) is 0 Å². The molecule has 0 unspecified atom stereocenters. The Kier molecular flexibility index (Phi) is 8.23. The molecule has 0 N–H and O–H groups in total. The predicted octanol–water partition coefficient (Wildman–Crippen LogP) is 15.5. The molecule has 0 saturated heterocycles. The number of allylic oxidation sites excluding steroid dienone is 5. The highest BCUT2D eigenvalue weighted by atomic mass is 32.1. The smallest absolute Gasteiger partial charge is 0.0547 e. The molecular weight excluding hydrogens is 721 g/mol. The third-order valence-electron chi connectivity index (χ3n) is 11.9. The Morgan fingerprint density at radius 3 is 2.17 bits per heavy atom. The molecule has 1 aliphatic carbocycles. The Labute approximate surface area is 343 Å². The van der Waals surface area contributed by atoms with E-state index in [-0.39, 0.29) is 0 Å². The molecule has 11 rings (SSSR count). The summed E-state index contributed by atoms with van der Waals surface area (Å²) in [6.07, 6.45) is 15.3. The number of hydrogen-bond donors (Lipinski definition) is 0. The minimum absolute atomic E-state index is 0.979. The van der Waals surface area contributed by atoms with E-state index in [0.717, 1.165) is 40.9 Å². The molecule has 0 amide bonds. The van der Waals surface area contributed by atoms with Crippen LogP contribution in [-0.4, -0.2) is 4.57 Å². The number of hydrogen-bond acceptors (Lipinski definition) is 2. The van der Waals surface area contributed by atoms with Crippen molar-refractivity contribution in [3.05, 3.63) is 210 Å². The summed E-state index contributed by atoms with van der Waals surface area (Å²) in [7, 11) is 0. The largest absolute Gasteiger partial charge is 0.317 e. The molecule has 0 spiro atoms. The molecule has 2 aromatic heterocycles. The van der Waals surface area contributed by atoms with Crippen molar-refractivity contribution in [1.29, 1.82) is 0 Å². The van der Waals surface area contributed by atoms with Crippen LogP contribution in [0.2, 0.25) is 0 Å². The molecule has 0 fully saturated rings. The Morgan fingerprint density at radius 2 is 1.29 bits per heavy atom. The minimum Gasteiger partial charge on any atom is -0.317 e. The maximum absolute atomic E-state index is 4.52. The van der Waals surface area contributed by atoms with Crippen LogP contribution in [-0.2, 0) is 6.42 Å². The van der Waals surface area contributed by atoms with Crippen LogP contribution in [0.4, 0.5) is 11.4 Å². The topological polar surface area (TPSA) is 8.17 Å². The molecule has 0 bridgehead atoms. The molecule has 58 heavy (non-hydrogen) atoms. The number of anilines is 2. The van der Waals surface area contributed by atoms with E-state index < -0.39 is 0 Å². The van der Waals surface area contributed by atoms with Gasteiger partial charge in [0.05, 0.1) is 16.7 Å². The van der Waals surface area contributed by atoms with E-state index in [2.05, 4.69) is 211 Å². The zero-order chi connectivity index (χ0) is 38.7. The van der Waals surface area contributed by atoms with Crippen molar-refractivity contribution >= 4 is 66.3 Å². The van der Waals surface area contributed by atoms with E-state index in [1.165, 1.54) is 81.4 Å². The number of nitrogens with zero attached hydrogens (tertiary/aromatic N) is 2. The minimum atomic E-state index is 0.979. The number of fused-ring (bicyclic) bond motifs is 7. The zero-order valence-corrected chi connectivity index (χ0v) is 33.1. The van der Waals surface area contributed by atoms with E-state index in [1.807, 2.05) is 11.3 Å². The van der Waals surface area contributed by atoms with E-state index in [1.54, 1.807) is 0 Å². The summed E-state index contributed by atoms with van der Waals surface area (Å²) in [5.41, 5.74) is 17.8. The van der Waals surface area contributed by atoms with Crippen LogP contribution >= 0.6 is 11.3 Å². The maximum Gasteiger partial charge on any atom is 0.0547 e. The molecule has 2 aliphatic rings. The second kappa shape index (κ2) is 13.9. The molecule has 7 aromatic carbocycles. The van der Waals surface area contributed by atoms with Gasteiger partial charge in [-0.1, -0.05) is 122 Å². The van der Waals surface area contributed by atoms with E-state index in [0.29, 0.717) is 0 Å². The zero-order valence-electron chi connectivity index (χ0n) is 32.3. The number of para-hydroxylation sites is 1. The number of aryl methyl sites for hydroxylation is 2. The first-order valence-corrected chi connectivity index (χ1v) is 20.9. The van der Waals surface area contributed by atoms with Crippen molar-refractivity contribution in [2.24, 2.45) is 0 Å². The third kappa shape index (κ3) is 5.78. The van der Waals surface area contributed by atoms with Gasteiger partial charge in [-0.2, -0.15) is 0 Å². The maximum atomic E-state index is 4.52. The lowest BCUT2D eigenvalue weighted by Crippen LogP contribution is -2.11. The van der Waals surface area contributed by atoms with Gasteiger partial charge in [0, 0.05) is 48.9 Å². The van der Waals surface area contributed by atoms with Gasteiger partial charge in [-0.3, -0.25) is 0 Å². The fourth-order valence-corrected chi connectivity index (χ4v) is 10.2. The molecular formula is C55H40N2S. The summed E-state index contributed by atoms with van der Waals surface area (Å²) in [5.74, 6) is 0. The molecule has 1 aliphatic heterocycles. The molecule has 0 radical (unpaired) electrons. The number of thiophene rings is 1. The van der Waals surface area contributed by atoms with Gasteiger partial charge < -0.3 is 9.47 Å². The monoisotopic (exact) mass is 760 g/mol. The molecule has 276 valence electrons. The molecule has 3 heterocycles. The van der Waals surface area contributed by atoms with E-state index >= 15 is 0 Å². The van der Waals surface area contributed by atoms with Crippen LogP contribution in [0, 0.1) is 6.92 Å². The van der Waals surface area contributed by atoms with Gasteiger partial charge in [0.25, 0.3) is 0 Å². The van der Waals surface area contributed by atoms with Crippen molar-refractivity contribution in [2.75, 3.05) is 4.90 Å². The Morgan fingerprint density at radius 1 is 0.552 bits per heavy atom. The molecule has 0 atom stereocenters. The second-order valence-corrected chi connectivity index (χ2v) is 16.6. The highest BCUT2D eigenvalue weighted by Gasteiger charge is 2.19. The van der Waals surface area contributed by atoms with Gasteiger partial charge in [-0.25, -0.2) is 0 Å². The first-order valence-electron chi connectivity index (χ1n) is 20.1. The van der Waals surface area contributed by atoms with Crippen LogP contribution < -0.4 is 4.90 Å². The lowest BCUT2D eigenvalue weighted by atomic mass is 9.95. The Balaban J connectivity index is 0.987. The highest BCUT2D eigenvalue weighted by Crippen LogP contribution is 2.42. The number of aromatic nitrogens is 1. The first kappa shape index (κ1) is 34.3. The van der Waals surface area contributed by atoms with Crippen molar-refractivity contribution in [1.82, 2.24) is 4.57 Å². The summed E-state index contributed by atoms with van der Waals surface area (Å²) in [6, 6.07) is 55.8. The lowest BCUT2D eigenvalue weighted by Gasteiger charge is -2.26. The second-order valence-electron chi connectivity index (χ2n) is 15.4. The molecule has 0 saturated carbocycles. The molecule has 9 aromatic rings. The number of rotatable bonds is 5. The normalized spacial score (nSPS) is 14.7. The van der Waals surface area contributed by atoms with Crippen LogP contribution in [0.15, 0.2) is 189 Å². The van der Waals surface area contributed by atoms with Gasteiger partial charge in [-0.15, -0.1) is 11.3 Å². The summed E-state index contributed by atoms with van der Waals surface area (Å²) in [4.78, 5) is 3.78. The van der Waals surface area contributed by atoms with Crippen molar-refractivity contribution < 1.29 is 0 Å². The van der Waals surface area contributed by atoms with Gasteiger partial charge in [-0.05, 0) is 137 Å². The first-order chi connectivity index (χ1) is 28.6. The standard InChI is InChI=1S/C55H40N2S/c1-36-12-10-11-31-56(43-24-19-39(20-25-43)38-13-4-3-5-14-38)51-29-22-40(33-49(36)51)41-21-27-47-46-15-6-8-17-52(46)57(53(47)35-41)44-26-28-45(37(2)32-44)42-23-30-55-50(34-42)48-16-7-9-18-54(48)58-55/h3-8,10-17,19-35H,1,9,18H2,2H3/b12-10-,31-11-. The average molecular weight is 761 g/mol. The fraction of sp³-hybridized carbons (Fsp3) is 0.0545. The summed E-state index contributed by atoms with van der Waals surface area (Å²) in [5, 5.41) is 3.88. The number of benzene rings is 7. The van der Waals surface area contributed by atoms with Crippen molar-refractivity contribution in [2.45, 2.75) is 19.8 Å². The van der Waals surface area contributed by atoms with Gasteiger partial charge in [0.1, 0.15) is 0 Å². The van der Waals surface area contributed by atoms with Gasteiger partial charge >= 0.3 is 0 Å².